The fraction of sp³-hybridized carbons (Fsp3) is 0.478. The molecule has 0 N–H and O–H groups in total. The highest BCUT2D eigenvalue weighted by molar-refractivity contribution is 5.77. The third-order valence-electron chi connectivity index (χ3n) is 6.29. The summed E-state index contributed by atoms with van der Waals surface area (Å²) >= 11 is 0. The number of nitrogens with zero attached hydrogens (tertiary/aromatic N) is 4. The average molecular weight is 379 g/mol. The lowest BCUT2D eigenvalue weighted by Gasteiger charge is -2.48. The van der Waals surface area contributed by atoms with Gasteiger partial charge in [0.1, 0.15) is 0 Å². The summed E-state index contributed by atoms with van der Waals surface area (Å²) < 4.78 is 0. The van der Waals surface area contributed by atoms with Crippen LogP contribution in [0.15, 0.2) is 48.7 Å². The van der Waals surface area contributed by atoms with Gasteiger partial charge in [0, 0.05) is 45.3 Å². The Hall–Kier alpha value is -2.24. The van der Waals surface area contributed by atoms with Crippen molar-refractivity contribution in [1.82, 2.24) is 19.7 Å². The third kappa shape index (κ3) is 3.96. The van der Waals surface area contributed by atoms with Crippen molar-refractivity contribution in [3.8, 4) is 0 Å². The molecule has 0 bridgehead atoms. The number of carbonyl (C=O) groups excluding carboxylic acids is 1. The van der Waals surface area contributed by atoms with E-state index in [9.17, 15) is 4.79 Å². The number of hydrogen-bond donors (Lipinski definition) is 0. The maximum absolute atomic E-state index is 12.3. The van der Waals surface area contributed by atoms with Crippen LogP contribution in [0.2, 0.25) is 0 Å². The zero-order chi connectivity index (χ0) is 19.6. The second-order valence-corrected chi connectivity index (χ2v) is 8.47. The monoisotopic (exact) mass is 378 g/mol. The third-order valence-corrected chi connectivity index (χ3v) is 6.29. The fourth-order valence-corrected chi connectivity index (χ4v) is 4.72. The molecule has 0 aliphatic carbocycles. The standard InChI is InChI=1S/C23H30N4O/c1-25(2)22(28)17-27-15-19-7-3-4-9-21(19)23(18-27)10-13-26(14-11-23)16-20-8-5-6-12-24-20/h3-9,12H,10-11,13-18H2,1-2H3. The van der Waals surface area contributed by atoms with Crippen LogP contribution in [-0.2, 0) is 23.3 Å². The minimum absolute atomic E-state index is 0.155. The van der Waals surface area contributed by atoms with Crippen molar-refractivity contribution < 1.29 is 4.79 Å². The van der Waals surface area contributed by atoms with Crippen LogP contribution in [0.4, 0.5) is 0 Å². The molecule has 0 radical (unpaired) electrons. The number of aromatic nitrogens is 1. The molecule has 1 aromatic carbocycles. The number of pyridine rings is 1. The molecule has 0 saturated carbocycles. The first-order valence-corrected chi connectivity index (χ1v) is 10.2. The molecule has 148 valence electrons. The Bertz CT molecular complexity index is 812. The highest BCUT2D eigenvalue weighted by Gasteiger charge is 2.42. The van der Waals surface area contributed by atoms with Gasteiger partial charge in [-0.15, -0.1) is 0 Å². The van der Waals surface area contributed by atoms with Crippen molar-refractivity contribution in [3.05, 3.63) is 65.5 Å². The largest absolute Gasteiger partial charge is 0.348 e. The maximum atomic E-state index is 12.3. The topological polar surface area (TPSA) is 39.7 Å². The van der Waals surface area contributed by atoms with Crippen LogP contribution in [0.3, 0.4) is 0 Å². The van der Waals surface area contributed by atoms with Crippen LogP contribution in [0.25, 0.3) is 0 Å². The van der Waals surface area contributed by atoms with Crippen molar-refractivity contribution in [3.63, 3.8) is 0 Å². The molecular weight excluding hydrogens is 348 g/mol. The normalized spacial score (nSPS) is 19.4. The lowest BCUT2D eigenvalue weighted by molar-refractivity contribution is -0.130. The molecule has 1 spiro atoms. The fourth-order valence-electron chi connectivity index (χ4n) is 4.72. The van der Waals surface area contributed by atoms with Crippen molar-refractivity contribution in [2.75, 3.05) is 40.3 Å². The number of likely N-dealkylation sites (N-methyl/N-ethyl adjacent to an activating group) is 1. The molecule has 2 aliphatic heterocycles. The van der Waals surface area contributed by atoms with Gasteiger partial charge in [-0.05, 0) is 49.2 Å². The predicted molar refractivity (Wildman–Crippen MR) is 111 cm³/mol. The van der Waals surface area contributed by atoms with Crippen LogP contribution in [-0.4, -0.2) is 65.9 Å². The Labute approximate surface area is 168 Å². The van der Waals surface area contributed by atoms with Crippen molar-refractivity contribution in [2.45, 2.75) is 31.3 Å². The predicted octanol–water partition coefficient (Wildman–Crippen LogP) is 2.52. The Morgan fingerprint density at radius 1 is 1.07 bits per heavy atom. The summed E-state index contributed by atoms with van der Waals surface area (Å²) in [7, 11) is 3.68. The van der Waals surface area contributed by atoms with E-state index in [0.717, 1.165) is 51.3 Å². The van der Waals surface area contributed by atoms with E-state index in [0.29, 0.717) is 6.54 Å². The van der Waals surface area contributed by atoms with E-state index in [2.05, 4.69) is 51.2 Å². The summed E-state index contributed by atoms with van der Waals surface area (Å²) in [6, 6.07) is 15.0. The van der Waals surface area contributed by atoms with E-state index in [1.54, 1.807) is 4.90 Å². The van der Waals surface area contributed by atoms with Crippen molar-refractivity contribution in [1.29, 1.82) is 0 Å². The maximum Gasteiger partial charge on any atom is 0.236 e. The van der Waals surface area contributed by atoms with Crippen LogP contribution < -0.4 is 0 Å². The van der Waals surface area contributed by atoms with Gasteiger partial charge < -0.3 is 4.90 Å². The van der Waals surface area contributed by atoms with E-state index in [1.807, 2.05) is 26.4 Å². The minimum Gasteiger partial charge on any atom is -0.348 e. The molecule has 3 heterocycles. The molecule has 0 atom stereocenters. The quantitative estimate of drug-likeness (QED) is 0.820. The number of hydrogen-bond acceptors (Lipinski definition) is 4. The number of likely N-dealkylation sites (tertiary alicyclic amines) is 1. The van der Waals surface area contributed by atoms with Crippen molar-refractivity contribution >= 4 is 5.91 Å². The molecule has 28 heavy (non-hydrogen) atoms. The van der Waals surface area contributed by atoms with Crippen molar-refractivity contribution in [2.24, 2.45) is 0 Å². The average Bonchev–Trinajstić information content (AvgIpc) is 2.71. The van der Waals surface area contributed by atoms with Gasteiger partial charge in [0.05, 0.1) is 12.2 Å². The Kier molecular flexibility index (Phi) is 5.47. The Morgan fingerprint density at radius 2 is 1.82 bits per heavy atom. The summed E-state index contributed by atoms with van der Waals surface area (Å²) in [6.07, 6.45) is 4.13. The summed E-state index contributed by atoms with van der Waals surface area (Å²) in [6.45, 7) is 5.40. The summed E-state index contributed by atoms with van der Waals surface area (Å²) in [5.41, 5.74) is 4.18. The van der Waals surface area contributed by atoms with Gasteiger partial charge in [0.25, 0.3) is 0 Å². The highest BCUT2D eigenvalue weighted by atomic mass is 16.2. The van der Waals surface area contributed by atoms with Crippen LogP contribution in [0.5, 0.6) is 0 Å². The number of amides is 1. The molecule has 1 aromatic heterocycles. The van der Waals surface area contributed by atoms with Crippen LogP contribution in [0, 0.1) is 0 Å². The molecule has 2 aromatic rings. The number of carbonyl (C=O) groups is 1. The number of benzene rings is 1. The summed E-state index contributed by atoms with van der Waals surface area (Å²) in [5, 5.41) is 0. The summed E-state index contributed by atoms with van der Waals surface area (Å²) in [5.74, 6) is 0.183. The molecule has 5 nitrogen and oxygen atoms in total. The zero-order valence-electron chi connectivity index (χ0n) is 17.0. The van der Waals surface area contributed by atoms with E-state index in [-0.39, 0.29) is 11.3 Å². The number of fused-ring (bicyclic) bond motifs is 2. The van der Waals surface area contributed by atoms with Gasteiger partial charge in [-0.2, -0.15) is 0 Å². The van der Waals surface area contributed by atoms with Gasteiger partial charge in [-0.25, -0.2) is 0 Å². The first-order chi connectivity index (χ1) is 13.6. The smallest absolute Gasteiger partial charge is 0.236 e. The molecule has 4 rings (SSSR count). The van der Waals surface area contributed by atoms with Crippen LogP contribution >= 0.6 is 0 Å². The highest BCUT2D eigenvalue weighted by Crippen LogP contribution is 2.41. The molecule has 1 fully saturated rings. The van der Waals surface area contributed by atoms with E-state index >= 15 is 0 Å². The van der Waals surface area contributed by atoms with Gasteiger partial charge in [-0.3, -0.25) is 19.6 Å². The molecular formula is C23H30N4O. The molecule has 0 unspecified atom stereocenters. The minimum atomic E-state index is 0.155. The molecule has 2 aliphatic rings. The molecule has 1 amide bonds. The molecule has 1 saturated heterocycles. The Balaban J connectivity index is 1.50. The zero-order valence-corrected chi connectivity index (χ0v) is 17.0. The van der Waals surface area contributed by atoms with Gasteiger partial charge >= 0.3 is 0 Å². The van der Waals surface area contributed by atoms with Crippen LogP contribution in [0.1, 0.15) is 29.7 Å². The SMILES string of the molecule is CN(C)C(=O)CN1Cc2ccccc2C2(CCN(Cc3ccccn3)CC2)C1. The Morgan fingerprint density at radius 3 is 2.54 bits per heavy atom. The van der Waals surface area contributed by atoms with Gasteiger partial charge in [0.2, 0.25) is 5.91 Å². The second kappa shape index (κ2) is 8.02. The van der Waals surface area contributed by atoms with Gasteiger partial charge in [0.15, 0.2) is 0 Å². The molecule has 5 heteroatoms. The second-order valence-electron chi connectivity index (χ2n) is 8.47. The van der Waals surface area contributed by atoms with Gasteiger partial charge in [-0.1, -0.05) is 30.3 Å². The lowest BCUT2D eigenvalue weighted by atomic mass is 9.69. The summed E-state index contributed by atoms with van der Waals surface area (Å²) in [4.78, 5) is 23.4. The van der Waals surface area contributed by atoms with E-state index in [1.165, 1.54) is 11.1 Å². The number of rotatable bonds is 4. The first kappa shape index (κ1) is 19.1. The first-order valence-electron chi connectivity index (χ1n) is 10.2. The van der Waals surface area contributed by atoms with E-state index < -0.39 is 0 Å². The number of piperidine rings is 1. The van der Waals surface area contributed by atoms with E-state index in [4.69, 9.17) is 0 Å². The lowest BCUT2D eigenvalue weighted by Crippen LogP contribution is -2.53.